The zero-order chi connectivity index (χ0) is 13.9. The number of likely N-dealkylation sites (tertiary alicyclic amines) is 1. The van der Waals surface area contributed by atoms with Crippen molar-refractivity contribution in [3.63, 3.8) is 0 Å². The molecule has 118 valence electrons. The van der Waals surface area contributed by atoms with Crippen LogP contribution < -0.4 is 5.73 Å². The van der Waals surface area contributed by atoms with Gasteiger partial charge >= 0.3 is 0 Å². The lowest BCUT2D eigenvalue weighted by Gasteiger charge is -2.40. The second kappa shape index (κ2) is 7.65. The molecule has 0 aromatic rings. The number of hydrogen-bond acceptors (Lipinski definition) is 2. The first-order chi connectivity index (χ1) is 9.06. The molecule has 0 bridgehead atoms. The van der Waals surface area contributed by atoms with E-state index in [1.54, 1.807) is 0 Å². The number of halogens is 1. The van der Waals surface area contributed by atoms with Gasteiger partial charge in [0, 0.05) is 19.5 Å². The van der Waals surface area contributed by atoms with Crippen molar-refractivity contribution in [1.29, 1.82) is 0 Å². The minimum absolute atomic E-state index is 0. The molecule has 1 saturated heterocycles. The second-order valence-corrected chi connectivity index (χ2v) is 7.02. The Bertz CT molecular complexity index is 316. The maximum absolute atomic E-state index is 12.6. The molecule has 1 aliphatic carbocycles. The molecule has 1 heterocycles. The van der Waals surface area contributed by atoms with Crippen molar-refractivity contribution in [2.75, 3.05) is 19.6 Å². The Kier molecular flexibility index (Phi) is 6.80. The maximum Gasteiger partial charge on any atom is 0.223 e. The van der Waals surface area contributed by atoms with Gasteiger partial charge in [-0.15, -0.1) is 12.4 Å². The smallest absolute Gasteiger partial charge is 0.223 e. The predicted octanol–water partition coefficient (Wildman–Crippen LogP) is 3.21. The van der Waals surface area contributed by atoms with Crippen molar-refractivity contribution in [1.82, 2.24) is 4.90 Å². The predicted molar refractivity (Wildman–Crippen MR) is 86.0 cm³/mol. The summed E-state index contributed by atoms with van der Waals surface area (Å²) >= 11 is 0. The van der Waals surface area contributed by atoms with Crippen molar-refractivity contribution >= 4 is 18.3 Å². The van der Waals surface area contributed by atoms with Gasteiger partial charge in [0.25, 0.3) is 0 Å². The van der Waals surface area contributed by atoms with Crippen LogP contribution in [0.2, 0.25) is 0 Å². The van der Waals surface area contributed by atoms with Gasteiger partial charge in [-0.05, 0) is 43.1 Å². The molecule has 3 nitrogen and oxygen atoms in total. The summed E-state index contributed by atoms with van der Waals surface area (Å²) in [5, 5.41) is 0. The molecule has 1 amide bonds. The lowest BCUT2D eigenvalue weighted by Crippen LogP contribution is -2.45. The van der Waals surface area contributed by atoms with E-state index in [4.69, 9.17) is 5.73 Å². The van der Waals surface area contributed by atoms with E-state index in [1.165, 1.54) is 19.3 Å². The third-order valence-corrected chi connectivity index (χ3v) is 5.56. The van der Waals surface area contributed by atoms with Crippen molar-refractivity contribution in [2.24, 2.45) is 23.0 Å². The highest BCUT2D eigenvalue weighted by molar-refractivity contribution is 5.85. The van der Waals surface area contributed by atoms with E-state index in [0.29, 0.717) is 24.8 Å². The molecule has 1 saturated carbocycles. The molecule has 0 radical (unpaired) electrons. The van der Waals surface area contributed by atoms with Crippen LogP contribution >= 0.6 is 12.4 Å². The zero-order valence-corrected chi connectivity index (χ0v) is 13.9. The standard InChI is InChI=1S/C16H30N2O.ClH/c1-13-6-9-18(11-14(13)2)15(19)10-16(12-17)7-4-3-5-8-16;/h13-14H,3-12,17H2,1-2H3;1H. The van der Waals surface area contributed by atoms with Crippen LogP contribution in [0.1, 0.15) is 58.8 Å². The third-order valence-electron chi connectivity index (χ3n) is 5.56. The highest BCUT2D eigenvalue weighted by atomic mass is 35.5. The van der Waals surface area contributed by atoms with Gasteiger partial charge in [-0.3, -0.25) is 4.79 Å². The summed E-state index contributed by atoms with van der Waals surface area (Å²) in [6, 6.07) is 0. The maximum atomic E-state index is 12.6. The molecule has 0 aromatic heterocycles. The SMILES string of the molecule is CC1CCN(C(=O)CC2(CN)CCCCC2)CC1C.Cl. The molecular formula is C16H31ClN2O. The molecule has 20 heavy (non-hydrogen) atoms. The van der Waals surface area contributed by atoms with E-state index in [9.17, 15) is 4.79 Å². The Morgan fingerprint density at radius 3 is 2.40 bits per heavy atom. The Balaban J connectivity index is 0.00000200. The van der Waals surface area contributed by atoms with Crippen LogP contribution in [0.3, 0.4) is 0 Å². The first kappa shape index (κ1) is 17.8. The van der Waals surface area contributed by atoms with Crippen molar-refractivity contribution in [3.05, 3.63) is 0 Å². The molecule has 2 unspecified atom stereocenters. The lowest BCUT2D eigenvalue weighted by atomic mass is 9.71. The normalized spacial score (nSPS) is 29.6. The van der Waals surface area contributed by atoms with Gasteiger partial charge in [-0.2, -0.15) is 0 Å². The van der Waals surface area contributed by atoms with Crippen LogP contribution in [-0.4, -0.2) is 30.4 Å². The third kappa shape index (κ3) is 4.11. The molecule has 1 aliphatic heterocycles. The summed E-state index contributed by atoms with van der Waals surface area (Å²) in [4.78, 5) is 14.6. The highest BCUT2D eigenvalue weighted by Crippen LogP contribution is 2.39. The van der Waals surface area contributed by atoms with Crippen LogP contribution in [0.4, 0.5) is 0 Å². The molecule has 2 rings (SSSR count). The number of hydrogen-bond donors (Lipinski definition) is 1. The van der Waals surface area contributed by atoms with Gasteiger partial charge in [0.1, 0.15) is 0 Å². The Labute approximate surface area is 130 Å². The summed E-state index contributed by atoms with van der Waals surface area (Å²) < 4.78 is 0. The number of carbonyl (C=O) groups excluding carboxylic acids is 1. The van der Waals surface area contributed by atoms with Crippen LogP contribution in [0, 0.1) is 17.3 Å². The topological polar surface area (TPSA) is 46.3 Å². The van der Waals surface area contributed by atoms with Crippen molar-refractivity contribution in [2.45, 2.75) is 58.8 Å². The first-order valence-corrected chi connectivity index (χ1v) is 8.04. The van der Waals surface area contributed by atoms with E-state index >= 15 is 0 Å². The van der Waals surface area contributed by atoms with Gasteiger partial charge in [-0.25, -0.2) is 0 Å². The summed E-state index contributed by atoms with van der Waals surface area (Å²) in [5.41, 5.74) is 6.11. The Hall–Kier alpha value is -0.280. The van der Waals surface area contributed by atoms with Crippen LogP contribution in [0.25, 0.3) is 0 Å². The number of nitrogens with two attached hydrogens (primary N) is 1. The summed E-state index contributed by atoms with van der Waals surface area (Å²) in [6.45, 7) is 7.14. The summed E-state index contributed by atoms with van der Waals surface area (Å²) in [5.74, 6) is 1.74. The first-order valence-electron chi connectivity index (χ1n) is 8.04. The fourth-order valence-corrected chi connectivity index (χ4v) is 3.68. The second-order valence-electron chi connectivity index (χ2n) is 7.02. The van der Waals surface area contributed by atoms with E-state index < -0.39 is 0 Å². The molecule has 0 aromatic carbocycles. The average molecular weight is 303 g/mol. The average Bonchev–Trinajstić information content (AvgIpc) is 2.43. The minimum Gasteiger partial charge on any atom is -0.342 e. The quantitative estimate of drug-likeness (QED) is 0.870. The number of amides is 1. The number of piperidine rings is 1. The largest absolute Gasteiger partial charge is 0.342 e. The van der Waals surface area contributed by atoms with Crippen molar-refractivity contribution in [3.8, 4) is 0 Å². The molecule has 2 atom stereocenters. The summed E-state index contributed by atoms with van der Waals surface area (Å²) in [6.07, 6.45) is 7.95. The van der Waals surface area contributed by atoms with Crippen molar-refractivity contribution < 1.29 is 4.79 Å². The molecule has 0 spiro atoms. The van der Waals surface area contributed by atoms with E-state index in [1.807, 2.05) is 0 Å². The molecule has 2 fully saturated rings. The minimum atomic E-state index is 0. The molecule has 2 N–H and O–H groups in total. The molecule has 4 heteroatoms. The van der Waals surface area contributed by atoms with Crippen LogP contribution in [-0.2, 0) is 4.79 Å². The fourth-order valence-electron chi connectivity index (χ4n) is 3.68. The fraction of sp³-hybridized carbons (Fsp3) is 0.938. The lowest BCUT2D eigenvalue weighted by molar-refractivity contribution is -0.136. The highest BCUT2D eigenvalue weighted by Gasteiger charge is 2.35. The number of nitrogens with zero attached hydrogens (tertiary/aromatic N) is 1. The van der Waals surface area contributed by atoms with E-state index in [-0.39, 0.29) is 17.8 Å². The van der Waals surface area contributed by atoms with Gasteiger partial charge < -0.3 is 10.6 Å². The van der Waals surface area contributed by atoms with E-state index in [2.05, 4.69) is 18.7 Å². The number of carbonyl (C=O) groups is 1. The van der Waals surface area contributed by atoms with Gasteiger partial charge in [0.05, 0.1) is 0 Å². The van der Waals surface area contributed by atoms with Crippen LogP contribution in [0.15, 0.2) is 0 Å². The van der Waals surface area contributed by atoms with Crippen LogP contribution in [0.5, 0.6) is 0 Å². The number of rotatable bonds is 3. The monoisotopic (exact) mass is 302 g/mol. The van der Waals surface area contributed by atoms with Gasteiger partial charge in [0.15, 0.2) is 0 Å². The van der Waals surface area contributed by atoms with Gasteiger partial charge in [0.2, 0.25) is 5.91 Å². The Morgan fingerprint density at radius 2 is 1.85 bits per heavy atom. The molecular weight excluding hydrogens is 272 g/mol. The van der Waals surface area contributed by atoms with E-state index in [0.717, 1.165) is 38.3 Å². The van der Waals surface area contributed by atoms with Gasteiger partial charge in [-0.1, -0.05) is 33.1 Å². The zero-order valence-electron chi connectivity index (χ0n) is 13.1. The summed E-state index contributed by atoms with van der Waals surface area (Å²) in [7, 11) is 0. The Morgan fingerprint density at radius 1 is 1.20 bits per heavy atom. The molecule has 2 aliphatic rings.